The topological polar surface area (TPSA) is 23.5 Å². The second-order valence-electron chi connectivity index (χ2n) is 3.78. The van der Waals surface area contributed by atoms with Crippen LogP contribution in [0.25, 0.3) is 0 Å². The van der Waals surface area contributed by atoms with Crippen molar-refractivity contribution in [2.45, 2.75) is 19.6 Å². The standard InChI is InChI=1S/C11H15ClFNO/c1-8(15)6-14(2)7-9-5-10(13)3-4-11(9)12/h3-5,8,15H,6-7H2,1-2H3. The zero-order chi connectivity index (χ0) is 11.4. The molecule has 0 spiro atoms. The first-order valence-corrected chi connectivity index (χ1v) is 5.17. The zero-order valence-electron chi connectivity index (χ0n) is 8.87. The van der Waals surface area contributed by atoms with Crippen molar-refractivity contribution in [1.82, 2.24) is 4.90 Å². The first-order valence-electron chi connectivity index (χ1n) is 4.79. The molecular weight excluding hydrogens is 217 g/mol. The summed E-state index contributed by atoms with van der Waals surface area (Å²) in [5, 5.41) is 9.73. The average molecular weight is 232 g/mol. The number of nitrogens with zero attached hydrogens (tertiary/aromatic N) is 1. The summed E-state index contributed by atoms with van der Waals surface area (Å²) < 4.78 is 12.9. The lowest BCUT2D eigenvalue weighted by molar-refractivity contribution is 0.138. The molecule has 0 aromatic heterocycles. The molecule has 0 heterocycles. The Kier molecular flexibility index (Phi) is 4.51. The SMILES string of the molecule is CC(O)CN(C)Cc1cc(F)ccc1Cl. The molecule has 0 bridgehead atoms. The number of aliphatic hydroxyl groups excluding tert-OH is 1. The minimum absolute atomic E-state index is 0.292. The Morgan fingerprint density at radius 2 is 2.20 bits per heavy atom. The zero-order valence-corrected chi connectivity index (χ0v) is 9.63. The third-order valence-electron chi connectivity index (χ3n) is 2.02. The van der Waals surface area contributed by atoms with Crippen LogP contribution in [-0.4, -0.2) is 29.7 Å². The Hall–Kier alpha value is -0.640. The van der Waals surface area contributed by atoms with Crippen molar-refractivity contribution in [1.29, 1.82) is 0 Å². The van der Waals surface area contributed by atoms with Gasteiger partial charge in [0.25, 0.3) is 0 Å². The summed E-state index contributed by atoms with van der Waals surface area (Å²) in [5.74, 6) is -0.292. The number of halogens is 2. The highest BCUT2D eigenvalue weighted by molar-refractivity contribution is 6.31. The van der Waals surface area contributed by atoms with Gasteiger partial charge in [0, 0.05) is 18.1 Å². The Bertz CT molecular complexity index is 330. The average Bonchev–Trinajstić information content (AvgIpc) is 2.10. The molecule has 0 fully saturated rings. The summed E-state index contributed by atoms with van der Waals surface area (Å²) >= 11 is 5.92. The summed E-state index contributed by atoms with van der Waals surface area (Å²) in [6, 6.07) is 4.30. The van der Waals surface area contributed by atoms with E-state index in [4.69, 9.17) is 11.6 Å². The summed E-state index contributed by atoms with van der Waals surface area (Å²) in [7, 11) is 1.86. The van der Waals surface area contributed by atoms with Gasteiger partial charge in [-0.3, -0.25) is 4.90 Å². The number of rotatable bonds is 4. The third kappa shape index (κ3) is 4.16. The molecule has 4 heteroatoms. The second kappa shape index (κ2) is 5.45. The Balaban J connectivity index is 2.67. The van der Waals surface area contributed by atoms with Crippen LogP contribution in [0, 0.1) is 5.82 Å². The molecule has 15 heavy (non-hydrogen) atoms. The molecule has 0 aliphatic rings. The Morgan fingerprint density at radius 1 is 1.53 bits per heavy atom. The maximum Gasteiger partial charge on any atom is 0.123 e. The summed E-state index contributed by atoms with van der Waals surface area (Å²) in [6.45, 7) is 2.78. The fourth-order valence-corrected chi connectivity index (χ4v) is 1.65. The fraction of sp³-hybridized carbons (Fsp3) is 0.455. The van der Waals surface area contributed by atoms with Gasteiger partial charge in [0.15, 0.2) is 0 Å². The van der Waals surface area contributed by atoms with E-state index >= 15 is 0 Å². The van der Waals surface area contributed by atoms with E-state index in [2.05, 4.69) is 0 Å². The quantitative estimate of drug-likeness (QED) is 0.860. The molecule has 1 atom stereocenters. The van der Waals surface area contributed by atoms with Gasteiger partial charge in [-0.15, -0.1) is 0 Å². The highest BCUT2D eigenvalue weighted by Crippen LogP contribution is 2.18. The monoisotopic (exact) mass is 231 g/mol. The van der Waals surface area contributed by atoms with Gasteiger partial charge in [-0.25, -0.2) is 4.39 Å². The number of aliphatic hydroxyl groups is 1. The molecule has 1 aromatic rings. The van der Waals surface area contributed by atoms with Gasteiger partial charge in [-0.2, -0.15) is 0 Å². The predicted octanol–water partition coefficient (Wildman–Crippen LogP) is 2.29. The van der Waals surface area contributed by atoms with Crippen molar-refractivity contribution >= 4 is 11.6 Å². The molecule has 0 aliphatic heterocycles. The molecule has 0 saturated carbocycles. The smallest absolute Gasteiger partial charge is 0.123 e. The highest BCUT2D eigenvalue weighted by atomic mass is 35.5. The van der Waals surface area contributed by atoms with Crippen molar-refractivity contribution in [2.75, 3.05) is 13.6 Å². The van der Waals surface area contributed by atoms with Crippen LogP contribution in [-0.2, 0) is 6.54 Å². The van der Waals surface area contributed by atoms with E-state index in [9.17, 15) is 9.50 Å². The van der Waals surface area contributed by atoms with Crippen molar-refractivity contribution in [2.24, 2.45) is 0 Å². The van der Waals surface area contributed by atoms with Crippen LogP contribution in [0.15, 0.2) is 18.2 Å². The number of hydrogen-bond acceptors (Lipinski definition) is 2. The fourth-order valence-electron chi connectivity index (χ4n) is 1.47. The minimum atomic E-state index is -0.401. The predicted molar refractivity (Wildman–Crippen MR) is 59.4 cm³/mol. The maximum absolute atomic E-state index is 12.9. The van der Waals surface area contributed by atoms with Crippen molar-refractivity contribution < 1.29 is 9.50 Å². The summed E-state index contributed by atoms with van der Waals surface area (Å²) in [6.07, 6.45) is -0.401. The van der Waals surface area contributed by atoms with Gasteiger partial charge in [-0.1, -0.05) is 11.6 Å². The summed E-state index contributed by atoms with van der Waals surface area (Å²) in [4.78, 5) is 1.89. The maximum atomic E-state index is 12.9. The molecule has 0 amide bonds. The molecule has 2 nitrogen and oxygen atoms in total. The molecule has 1 rings (SSSR count). The van der Waals surface area contributed by atoms with Crippen LogP contribution in [0.3, 0.4) is 0 Å². The second-order valence-corrected chi connectivity index (χ2v) is 4.19. The molecule has 1 aromatic carbocycles. The van der Waals surface area contributed by atoms with E-state index in [1.165, 1.54) is 12.1 Å². The van der Waals surface area contributed by atoms with Crippen LogP contribution in [0.2, 0.25) is 5.02 Å². The van der Waals surface area contributed by atoms with Crippen LogP contribution >= 0.6 is 11.6 Å². The lowest BCUT2D eigenvalue weighted by Gasteiger charge is -2.18. The van der Waals surface area contributed by atoms with Crippen LogP contribution < -0.4 is 0 Å². The number of hydrogen-bond donors (Lipinski definition) is 1. The first-order chi connectivity index (χ1) is 6.99. The molecule has 1 N–H and O–H groups in total. The van der Waals surface area contributed by atoms with Gasteiger partial charge in [-0.05, 0) is 37.7 Å². The third-order valence-corrected chi connectivity index (χ3v) is 2.39. The van der Waals surface area contributed by atoms with Gasteiger partial charge >= 0.3 is 0 Å². The van der Waals surface area contributed by atoms with Crippen molar-refractivity contribution in [3.05, 3.63) is 34.6 Å². The first kappa shape index (κ1) is 12.4. The van der Waals surface area contributed by atoms with Crippen LogP contribution in [0.4, 0.5) is 4.39 Å². The molecule has 0 saturated heterocycles. The van der Waals surface area contributed by atoms with Crippen molar-refractivity contribution in [3.63, 3.8) is 0 Å². The van der Waals surface area contributed by atoms with Crippen molar-refractivity contribution in [3.8, 4) is 0 Å². The van der Waals surface area contributed by atoms with E-state index in [0.29, 0.717) is 18.1 Å². The van der Waals surface area contributed by atoms with Crippen LogP contribution in [0.1, 0.15) is 12.5 Å². The number of benzene rings is 1. The molecular formula is C11H15ClFNO. The normalized spacial score (nSPS) is 13.2. The molecule has 0 radical (unpaired) electrons. The van der Waals surface area contributed by atoms with Gasteiger partial charge in [0.2, 0.25) is 0 Å². The lowest BCUT2D eigenvalue weighted by atomic mass is 10.2. The lowest BCUT2D eigenvalue weighted by Crippen LogP contribution is -2.26. The van der Waals surface area contributed by atoms with E-state index in [0.717, 1.165) is 5.56 Å². The van der Waals surface area contributed by atoms with Crippen LogP contribution in [0.5, 0.6) is 0 Å². The Labute approximate surface area is 94.3 Å². The largest absolute Gasteiger partial charge is 0.392 e. The van der Waals surface area contributed by atoms with E-state index in [1.807, 2.05) is 11.9 Å². The van der Waals surface area contributed by atoms with E-state index in [-0.39, 0.29) is 5.82 Å². The van der Waals surface area contributed by atoms with Gasteiger partial charge < -0.3 is 5.11 Å². The molecule has 84 valence electrons. The highest BCUT2D eigenvalue weighted by Gasteiger charge is 2.07. The Morgan fingerprint density at radius 3 is 2.80 bits per heavy atom. The molecule has 0 aliphatic carbocycles. The number of likely N-dealkylation sites (N-methyl/N-ethyl adjacent to an activating group) is 1. The van der Waals surface area contributed by atoms with Gasteiger partial charge in [0.05, 0.1) is 6.10 Å². The van der Waals surface area contributed by atoms with Gasteiger partial charge in [0.1, 0.15) is 5.82 Å². The molecule has 1 unspecified atom stereocenters. The van der Waals surface area contributed by atoms with E-state index in [1.54, 1.807) is 13.0 Å². The summed E-state index contributed by atoms with van der Waals surface area (Å²) in [5.41, 5.74) is 0.736. The minimum Gasteiger partial charge on any atom is -0.392 e. The van der Waals surface area contributed by atoms with E-state index < -0.39 is 6.10 Å².